The first-order valence-corrected chi connectivity index (χ1v) is 9.08. The molecule has 0 radical (unpaired) electrons. The van der Waals surface area contributed by atoms with Crippen LogP contribution in [0.3, 0.4) is 0 Å². The lowest BCUT2D eigenvalue weighted by Crippen LogP contribution is -2.30. The van der Waals surface area contributed by atoms with Gasteiger partial charge in [-0.1, -0.05) is 48.2 Å². The number of pyridine rings is 1. The molecule has 0 saturated carbocycles. The van der Waals surface area contributed by atoms with Gasteiger partial charge in [0.1, 0.15) is 0 Å². The van der Waals surface area contributed by atoms with Gasteiger partial charge in [-0.05, 0) is 42.7 Å². The van der Waals surface area contributed by atoms with Crippen LogP contribution in [0.2, 0.25) is 0 Å². The van der Waals surface area contributed by atoms with Gasteiger partial charge < -0.3 is 4.90 Å². The minimum atomic E-state index is 0.151. The van der Waals surface area contributed by atoms with Crippen molar-refractivity contribution in [3.05, 3.63) is 65.7 Å². The molecule has 2 heterocycles. The zero-order valence-corrected chi connectivity index (χ0v) is 14.3. The molecule has 0 N–H and O–H groups in total. The molecular weight excluding hydrogens is 316 g/mol. The molecule has 0 fully saturated rings. The van der Waals surface area contributed by atoms with Crippen LogP contribution in [0, 0.1) is 6.92 Å². The standard InChI is InChI=1S/C20H18N2OS/c1-14-12-19(21-17-8-4-3-7-16(14)17)24-13-20(23)22-11-10-15-6-2-5-9-18(15)22/h2-9,12H,10-11,13H2,1H3. The number of carbonyl (C=O) groups is 1. The quantitative estimate of drug-likeness (QED) is 0.672. The molecule has 0 spiro atoms. The van der Waals surface area contributed by atoms with Gasteiger partial charge in [-0.25, -0.2) is 4.98 Å². The maximum Gasteiger partial charge on any atom is 0.237 e. The summed E-state index contributed by atoms with van der Waals surface area (Å²) < 4.78 is 0. The second-order valence-electron chi connectivity index (χ2n) is 6.01. The highest BCUT2D eigenvalue weighted by Gasteiger charge is 2.24. The molecule has 120 valence electrons. The zero-order valence-electron chi connectivity index (χ0n) is 13.5. The Bertz CT molecular complexity index is 922. The number of amides is 1. The number of thioether (sulfide) groups is 1. The molecule has 3 nitrogen and oxygen atoms in total. The highest BCUT2D eigenvalue weighted by Crippen LogP contribution is 2.29. The summed E-state index contributed by atoms with van der Waals surface area (Å²) in [5.74, 6) is 0.566. The monoisotopic (exact) mass is 334 g/mol. The lowest BCUT2D eigenvalue weighted by molar-refractivity contribution is -0.116. The number of hydrogen-bond donors (Lipinski definition) is 0. The molecular formula is C20H18N2OS. The van der Waals surface area contributed by atoms with Gasteiger partial charge in [0.25, 0.3) is 0 Å². The molecule has 1 amide bonds. The number of para-hydroxylation sites is 2. The van der Waals surface area contributed by atoms with Crippen LogP contribution >= 0.6 is 11.8 Å². The van der Waals surface area contributed by atoms with Crippen LogP contribution in [0.25, 0.3) is 10.9 Å². The number of carbonyl (C=O) groups excluding carboxylic acids is 1. The number of hydrogen-bond acceptors (Lipinski definition) is 3. The van der Waals surface area contributed by atoms with Crippen molar-refractivity contribution in [2.45, 2.75) is 18.4 Å². The van der Waals surface area contributed by atoms with Gasteiger partial charge in [0, 0.05) is 17.6 Å². The van der Waals surface area contributed by atoms with E-state index in [0.717, 1.165) is 29.2 Å². The first kappa shape index (κ1) is 15.2. The van der Waals surface area contributed by atoms with Crippen molar-refractivity contribution in [3.8, 4) is 0 Å². The Kier molecular flexibility index (Phi) is 3.98. The van der Waals surface area contributed by atoms with E-state index in [0.29, 0.717) is 5.75 Å². The Balaban J connectivity index is 1.50. The van der Waals surface area contributed by atoms with E-state index in [2.05, 4.69) is 30.1 Å². The Morgan fingerprint density at radius 3 is 2.88 bits per heavy atom. The zero-order chi connectivity index (χ0) is 16.5. The fraction of sp³-hybridized carbons (Fsp3) is 0.200. The van der Waals surface area contributed by atoms with Gasteiger partial charge in [0.05, 0.1) is 16.3 Å². The third-order valence-electron chi connectivity index (χ3n) is 4.43. The molecule has 0 saturated heterocycles. The van der Waals surface area contributed by atoms with Crippen LogP contribution in [0.5, 0.6) is 0 Å². The summed E-state index contributed by atoms with van der Waals surface area (Å²) in [6.45, 7) is 2.87. The van der Waals surface area contributed by atoms with Crippen molar-refractivity contribution in [3.63, 3.8) is 0 Å². The molecule has 3 aromatic rings. The SMILES string of the molecule is Cc1cc(SCC(=O)N2CCc3ccccc32)nc2ccccc12. The van der Waals surface area contributed by atoms with Gasteiger partial charge in [-0.15, -0.1) is 0 Å². The second kappa shape index (κ2) is 6.29. The molecule has 0 bridgehead atoms. The van der Waals surface area contributed by atoms with Gasteiger partial charge in [0.2, 0.25) is 5.91 Å². The average Bonchev–Trinajstić information content (AvgIpc) is 3.04. The first-order chi connectivity index (χ1) is 11.7. The van der Waals surface area contributed by atoms with Crippen LogP contribution in [0.1, 0.15) is 11.1 Å². The molecule has 1 aliphatic rings. The number of rotatable bonds is 3. The van der Waals surface area contributed by atoms with Crippen molar-refractivity contribution in [2.24, 2.45) is 0 Å². The first-order valence-electron chi connectivity index (χ1n) is 8.10. The number of anilines is 1. The molecule has 0 aliphatic carbocycles. The van der Waals surface area contributed by atoms with Crippen molar-refractivity contribution in [1.82, 2.24) is 4.98 Å². The normalized spacial score (nSPS) is 13.3. The highest BCUT2D eigenvalue weighted by atomic mass is 32.2. The fourth-order valence-electron chi connectivity index (χ4n) is 3.20. The Labute approximate surface area is 145 Å². The fourth-order valence-corrected chi connectivity index (χ4v) is 4.05. The summed E-state index contributed by atoms with van der Waals surface area (Å²) >= 11 is 1.52. The number of aromatic nitrogens is 1. The van der Waals surface area contributed by atoms with Crippen molar-refractivity contribution >= 4 is 34.3 Å². The van der Waals surface area contributed by atoms with Crippen LogP contribution in [-0.2, 0) is 11.2 Å². The number of nitrogens with zero attached hydrogens (tertiary/aromatic N) is 2. The van der Waals surface area contributed by atoms with Crippen molar-refractivity contribution in [1.29, 1.82) is 0 Å². The molecule has 4 rings (SSSR count). The molecule has 1 aromatic heterocycles. The minimum absolute atomic E-state index is 0.151. The van der Waals surface area contributed by atoms with E-state index >= 15 is 0 Å². The smallest absolute Gasteiger partial charge is 0.237 e. The third-order valence-corrected chi connectivity index (χ3v) is 5.33. The van der Waals surface area contributed by atoms with Gasteiger partial charge in [0.15, 0.2) is 0 Å². The second-order valence-corrected chi connectivity index (χ2v) is 7.00. The minimum Gasteiger partial charge on any atom is -0.311 e. The van der Waals surface area contributed by atoms with E-state index in [1.165, 1.54) is 28.3 Å². The summed E-state index contributed by atoms with van der Waals surface area (Å²) in [6.07, 6.45) is 0.944. The summed E-state index contributed by atoms with van der Waals surface area (Å²) in [6, 6.07) is 18.3. The van der Waals surface area contributed by atoms with E-state index in [1.54, 1.807) is 0 Å². The van der Waals surface area contributed by atoms with E-state index in [4.69, 9.17) is 0 Å². The van der Waals surface area contributed by atoms with Gasteiger partial charge >= 0.3 is 0 Å². The Morgan fingerprint density at radius 1 is 1.17 bits per heavy atom. The largest absolute Gasteiger partial charge is 0.311 e. The van der Waals surface area contributed by atoms with Crippen LogP contribution in [0.15, 0.2) is 59.6 Å². The molecule has 0 atom stereocenters. The molecule has 0 unspecified atom stereocenters. The number of aryl methyl sites for hydroxylation is 1. The Morgan fingerprint density at radius 2 is 1.96 bits per heavy atom. The topological polar surface area (TPSA) is 33.2 Å². The summed E-state index contributed by atoms with van der Waals surface area (Å²) in [5, 5.41) is 2.08. The summed E-state index contributed by atoms with van der Waals surface area (Å²) in [5.41, 5.74) is 4.50. The van der Waals surface area contributed by atoms with Crippen LogP contribution in [-0.4, -0.2) is 23.2 Å². The summed E-state index contributed by atoms with van der Waals surface area (Å²) in [4.78, 5) is 19.2. The highest BCUT2D eigenvalue weighted by molar-refractivity contribution is 7.99. The predicted octanol–water partition coefficient (Wildman–Crippen LogP) is 4.22. The lowest BCUT2D eigenvalue weighted by Gasteiger charge is -2.17. The van der Waals surface area contributed by atoms with E-state index < -0.39 is 0 Å². The van der Waals surface area contributed by atoms with Crippen LogP contribution in [0.4, 0.5) is 5.69 Å². The predicted molar refractivity (Wildman–Crippen MR) is 99.7 cm³/mol. The molecule has 2 aromatic carbocycles. The van der Waals surface area contributed by atoms with E-state index in [1.807, 2.05) is 41.3 Å². The van der Waals surface area contributed by atoms with Crippen molar-refractivity contribution in [2.75, 3.05) is 17.2 Å². The Hall–Kier alpha value is -2.33. The van der Waals surface area contributed by atoms with Crippen LogP contribution < -0.4 is 4.90 Å². The summed E-state index contributed by atoms with van der Waals surface area (Å²) in [7, 11) is 0. The van der Waals surface area contributed by atoms with Crippen molar-refractivity contribution < 1.29 is 4.79 Å². The average molecular weight is 334 g/mol. The maximum atomic E-state index is 12.6. The number of fused-ring (bicyclic) bond motifs is 2. The molecule has 4 heteroatoms. The maximum absolute atomic E-state index is 12.6. The molecule has 24 heavy (non-hydrogen) atoms. The van der Waals surface area contributed by atoms with E-state index in [9.17, 15) is 4.79 Å². The third kappa shape index (κ3) is 2.78. The van der Waals surface area contributed by atoms with Gasteiger partial charge in [-0.3, -0.25) is 4.79 Å². The number of benzene rings is 2. The molecule has 1 aliphatic heterocycles. The van der Waals surface area contributed by atoms with E-state index in [-0.39, 0.29) is 5.91 Å². The van der Waals surface area contributed by atoms with Gasteiger partial charge in [-0.2, -0.15) is 0 Å². The lowest BCUT2D eigenvalue weighted by atomic mass is 10.1.